The van der Waals surface area contributed by atoms with Gasteiger partial charge in [-0.25, -0.2) is 9.18 Å². The Morgan fingerprint density at radius 1 is 1.11 bits per heavy atom. The van der Waals surface area contributed by atoms with Crippen molar-refractivity contribution in [2.24, 2.45) is 0 Å². The maximum atomic E-state index is 13.7. The van der Waals surface area contributed by atoms with Crippen LogP contribution in [0.25, 0.3) is 10.9 Å². The molecule has 0 aliphatic carbocycles. The summed E-state index contributed by atoms with van der Waals surface area (Å²) in [7, 11) is 0. The van der Waals surface area contributed by atoms with Crippen molar-refractivity contribution in [3.05, 3.63) is 65.1 Å². The summed E-state index contributed by atoms with van der Waals surface area (Å²) in [6.45, 7) is 2.98. The second-order valence-electron chi connectivity index (χ2n) is 5.97. The van der Waals surface area contributed by atoms with E-state index in [2.05, 4.69) is 4.74 Å². The Labute approximate surface area is 151 Å². The standard InChI is InChI=1S/C19H15F4NO3/c1-11-16(9-13-3-6-15(7-4-13)26-19(21,22)23)17-10-14(20)5-8-18(17)24(11)27-12(2)25/h3-8,10H,9H2,1-2H3. The molecule has 0 spiro atoms. The van der Waals surface area contributed by atoms with Crippen molar-refractivity contribution < 1.29 is 31.9 Å². The highest BCUT2D eigenvalue weighted by atomic mass is 19.4. The molecule has 27 heavy (non-hydrogen) atoms. The Hall–Kier alpha value is -3.03. The summed E-state index contributed by atoms with van der Waals surface area (Å²) in [6.07, 6.45) is -4.45. The van der Waals surface area contributed by atoms with Crippen molar-refractivity contribution in [1.82, 2.24) is 4.73 Å². The van der Waals surface area contributed by atoms with Crippen molar-refractivity contribution in [3.8, 4) is 5.75 Å². The molecule has 142 valence electrons. The van der Waals surface area contributed by atoms with Crippen LogP contribution >= 0.6 is 0 Å². The van der Waals surface area contributed by atoms with E-state index in [0.29, 0.717) is 34.1 Å². The maximum absolute atomic E-state index is 13.7. The second kappa shape index (κ2) is 6.94. The number of aromatic nitrogens is 1. The van der Waals surface area contributed by atoms with Gasteiger partial charge in [-0.2, -0.15) is 4.73 Å². The van der Waals surface area contributed by atoms with Crippen LogP contribution in [0.4, 0.5) is 17.6 Å². The fourth-order valence-corrected chi connectivity index (χ4v) is 2.91. The van der Waals surface area contributed by atoms with Crippen LogP contribution in [0.15, 0.2) is 42.5 Å². The maximum Gasteiger partial charge on any atom is 0.573 e. The van der Waals surface area contributed by atoms with Gasteiger partial charge in [0, 0.05) is 12.3 Å². The topological polar surface area (TPSA) is 40.5 Å². The highest BCUT2D eigenvalue weighted by molar-refractivity contribution is 5.86. The molecule has 0 radical (unpaired) electrons. The van der Waals surface area contributed by atoms with Crippen molar-refractivity contribution in [1.29, 1.82) is 0 Å². The minimum Gasteiger partial charge on any atom is -0.406 e. The lowest BCUT2D eigenvalue weighted by Gasteiger charge is -2.09. The van der Waals surface area contributed by atoms with Gasteiger partial charge in [0.1, 0.15) is 11.6 Å². The lowest BCUT2D eigenvalue weighted by molar-refractivity contribution is -0.274. The van der Waals surface area contributed by atoms with E-state index in [0.717, 1.165) is 0 Å². The Bertz CT molecular complexity index is 991. The molecule has 8 heteroatoms. The molecule has 0 amide bonds. The third-order valence-corrected chi connectivity index (χ3v) is 4.00. The lowest BCUT2D eigenvalue weighted by Crippen LogP contribution is -2.17. The van der Waals surface area contributed by atoms with E-state index >= 15 is 0 Å². The molecule has 3 aromatic rings. The predicted octanol–water partition coefficient (Wildman–Crippen LogP) is 4.55. The summed E-state index contributed by atoms with van der Waals surface area (Å²) in [5, 5.41) is 0.560. The van der Waals surface area contributed by atoms with Crippen LogP contribution in [0.2, 0.25) is 0 Å². The van der Waals surface area contributed by atoms with Gasteiger partial charge in [0.2, 0.25) is 0 Å². The number of hydrogen-bond donors (Lipinski definition) is 0. The molecule has 0 fully saturated rings. The van der Waals surface area contributed by atoms with Crippen molar-refractivity contribution in [3.63, 3.8) is 0 Å². The molecular formula is C19H15F4NO3. The number of alkyl halides is 3. The third kappa shape index (κ3) is 4.21. The average Bonchev–Trinajstić information content (AvgIpc) is 2.80. The number of fused-ring (bicyclic) bond motifs is 1. The Balaban J connectivity index is 1.98. The number of hydrogen-bond acceptors (Lipinski definition) is 3. The number of benzene rings is 2. The van der Waals surface area contributed by atoms with Crippen LogP contribution in [0.1, 0.15) is 23.7 Å². The van der Waals surface area contributed by atoms with Gasteiger partial charge in [-0.1, -0.05) is 12.1 Å². The molecule has 1 heterocycles. The normalized spacial score (nSPS) is 11.6. The van der Waals surface area contributed by atoms with Crippen LogP contribution in [0, 0.1) is 12.7 Å². The van der Waals surface area contributed by atoms with Gasteiger partial charge < -0.3 is 9.57 Å². The monoisotopic (exact) mass is 381 g/mol. The number of ether oxygens (including phenoxy) is 1. The zero-order valence-corrected chi connectivity index (χ0v) is 14.4. The fraction of sp³-hybridized carbons (Fsp3) is 0.211. The molecule has 0 aliphatic rings. The third-order valence-electron chi connectivity index (χ3n) is 4.00. The number of nitrogens with zero attached hydrogens (tertiary/aromatic N) is 1. The van der Waals surface area contributed by atoms with Crippen LogP contribution in [-0.2, 0) is 11.2 Å². The van der Waals surface area contributed by atoms with Gasteiger partial charge in [0.15, 0.2) is 0 Å². The Kier molecular flexibility index (Phi) is 4.82. The van der Waals surface area contributed by atoms with E-state index in [9.17, 15) is 22.4 Å². The molecule has 0 N–H and O–H groups in total. The minimum atomic E-state index is -4.76. The first-order chi connectivity index (χ1) is 12.6. The molecular weight excluding hydrogens is 366 g/mol. The molecule has 0 aliphatic heterocycles. The van der Waals surface area contributed by atoms with E-state index in [-0.39, 0.29) is 5.75 Å². The van der Waals surface area contributed by atoms with Gasteiger partial charge in [-0.3, -0.25) is 0 Å². The van der Waals surface area contributed by atoms with Crippen LogP contribution < -0.4 is 9.57 Å². The SMILES string of the molecule is CC(=O)On1c(C)c(Cc2ccc(OC(F)(F)F)cc2)c2cc(F)ccc21. The molecule has 0 saturated heterocycles. The second-order valence-corrected chi connectivity index (χ2v) is 5.97. The average molecular weight is 381 g/mol. The smallest absolute Gasteiger partial charge is 0.406 e. The first kappa shape index (κ1) is 18.8. The summed E-state index contributed by atoms with van der Waals surface area (Å²) in [6, 6.07) is 9.51. The van der Waals surface area contributed by atoms with Crippen LogP contribution in [0.5, 0.6) is 5.75 Å². The van der Waals surface area contributed by atoms with Crippen molar-refractivity contribution >= 4 is 16.9 Å². The predicted molar refractivity (Wildman–Crippen MR) is 89.8 cm³/mol. The molecule has 3 rings (SSSR count). The molecule has 0 atom stereocenters. The summed E-state index contributed by atoms with van der Waals surface area (Å²) in [4.78, 5) is 16.6. The van der Waals surface area contributed by atoms with Gasteiger partial charge in [0.05, 0.1) is 11.2 Å². The van der Waals surface area contributed by atoms with E-state index in [1.165, 1.54) is 54.1 Å². The zero-order chi connectivity index (χ0) is 19.8. The number of carbonyl (C=O) groups excluding carboxylic acids is 1. The zero-order valence-electron chi connectivity index (χ0n) is 14.4. The van der Waals surface area contributed by atoms with Crippen molar-refractivity contribution in [2.75, 3.05) is 0 Å². The molecule has 1 aromatic heterocycles. The quantitative estimate of drug-likeness (QED) is 0.623. The van der Waals surface area contributed by atoms with Crippen molar-refractivity contribution in [2.45, 2.75) is 26.6 Å². The van der Waals surface area contributed by atoms with Crippen LogP contribution in [-0.4, -0.2) is 17.1 Å². The largest absolute Gasteiger partial charge is 0.573 e. The van der Waals surface area contributed by atoms with E-state index < -0.39 is 18.1 Å². The molecule has 0 bridgehead atoms. The lowest BCUT2D eigenvalue weighted by atomic mass is 10.0. The van der Waals surface area contributed by atoms with Gasteiger partial charge in [-0.15, -0.1) is 13.2 Å². The Morgan fingerprint density at radius 2 is 1.78 bits per heavy atom. The van der Waals surface area contributed by atoms with Gasteiger partial charge >= 0.3 is 12.3 Å². The van der Waals surface area contributed by atoms with E-state index in [1.807, 2.05) is 0 Å². The molecule has 0 unspecified atom stereocenters. The first-order valence-corrected chi connectivity index (χ1v) is 7.97. The fourth-order valence-electron chi connectivity index (χ4n) is 2.91. The molecule has 4 nitrogen and oxygen atoms in total. The highest BCUT2D eigenvalue weighted by Gasteiger charge is 2.31. The van der Waals surface area contributed by atoms with Gasteiger partial charge in [0.25, 0.3) is 0 Å². The summed E-state index contributed by atoms with van der Waals surface area (Å²) >= 11 is 0. The molecule has 2 aromatic carbocycles. The number of rotatable bonds is 4. The van der Waals surface area contributed by atoms with E-state index in [4.69, 9.17) is 4.84 Å². The first-order valence-electron chi connectivity index (χ1n) is 7.97. The summed E-state index contributed by atoms with van der Waals surface area (Å²) in [5.74, 6) is -1.30. The van der Waals surface area contributed by atoms with E-state index in [1.54, 1.807) is 6.92 Å². The summed E-state index contributed by atoms with van der Waals surface area (Å²) < 4.78 is 55.7. The molecule has 0 saturated carbocycles. The van der Waals surface area contributed by atoms with Crippen LogP contribution in [0.3, 0.4) is 0 Å². The highest BCUT2D eigenvalue weighted by Crippen LogP contribution is 2.29. The Morgan fingerprint density at radius 3 is 2.37 bits per heavy atom. The number of halogens is 4. The summed E-state index contributed by atoms with van der Waals surface area (Å²) in [5.41, 5.74) is 2.52. The van der Waals surface area contributed by atoms with Gasteiger partial charge in [-0.05, 0) is 54.8 Å². The minimum absolute atomic E-state index is 0.312. The number of carbonyl (C=O) groups is 1.